The van der Waals surface area contributed by atoms with Gasteiger partial charge >= 0.3 is 0 Å². The molecule has 0 radical (unpaired) electrons. The van der Waals surface area contributed by atoms with Crippen LogP contribution < -0.4 is 15.8 Å². The Balaban J connectivity index is 1.26. The quantitative estimate of drug-likeness (QED) is 0.465. The van der Waals surface area contributed by atoms with Crippen molar-refractivity contribution in [1.29, 1.82) is 5.26 Å². The SMILES string of the molecule is CCCOc1nc(C(=O)NCC2CCN(Cc3cnc(-c4ccccn4)s3)CC2)cc(N)c1C#N. The van der Waals surface area contributed by atoms with Crippen LogP contribution in [0.1, 0.15) is 47.1 Å². The summed E-state index contributed by atoms with van der Waals surface area (Å²) in [6, 6.07) is 9.28. The van der Waals surface area contributed by atoms with E-state index in [0.29, 0.717) is 19.1 Å². The number of nitrogens with two attached hydrogens (primary N) is 1. The Morgan fingerprint density at radius 1 is 1.34 bits per heavy atom. The third-order valence-electron chi connectivity index (χ3n) is 5.88. The van der Waals surface area contributed by atoms with Gasteiger partial charge in [-0.3, -0.25) is 14.7 Å². The van der Waals surface area contributed by atoms with Crippen LogP contribution >= 0.6 is 11.3 Å². The Morgan fingerprint density at radius 2 is 2.17 bits per heavy atom. The number of nitrogen functional groups attached to an aromatic ring is 1. The number of anilines is 1. The van der Waals surface area contributed by atoms with Gasteiger partial charge in [-0.1, -0.05) is 13.0 Å². The first-order chi connectivity index (χ1) is 17.1. The van der Waals surface area contributed by atoms with Gasteiger partial charge < -0.3 is 15.8 Å². The number of nitrogens with one attached hydrogen (secondary N) is 1. The first-order valence-corrected chi connectivity index (χ1v) is 12.6. The lowest BCUT2D eigenvalue weighted by atomic mass is 9.96. The number of carbonyl (C=O) groups is 1. The van der Waals surface area contributed by atoms with Crippen LogP contribution in [-0.4, -0.2) is 52.0 Å². The minimum atomic E-state index is -0.309. The van der Waals surface area contributed by atoms with Crippen molar-refractivity contribution in [2.75, 3.05) is 32.0 Å². The third-order valence-corrected chi connectivity index (χ3v) is 6.88. The van der Waals surface area contributed by atoms with Crippen molar-refractivity contribution in [3.63, 3.8) is 0 Å². The van der Waals surface area contributed by atoms with Gasteiger partial charge in [0.1, 0.15) is 22.3 Å². The zero-order chi connectivity index (χ0) is 24.6. The molecule has 1 aliphatic rings. The highest BCUT2D eigenvalue weighted by Gasteiger charge is 2.22. The molecule has 0 aliphatic carbocycles. The van der Waals surface area contributed by atoms with E-state index in [9.17, 15) is 10.1 Å². The van der Waals surface area contributed by atoms with E-state index >= 15 is 0 Å². The lowest BCUT2D eigenvalue weighted by molar-refractivity contribution is 0.0929. The van der Waals surface area contributed by atoms with E-state index in [-0.39, 0.29) is 28.7 Å². The lowest BCUT2D eigenvalue weighted by Crippen LogP contribution is -2.38. The van der Waals surface area contributed by atoms with Crippen molar-refractivity contribution < 1.29 is 9.53 Å². The maximum atomic E-state index is 12.7. The average molecular weight is 492 g/mol. The van der Waals surface area contributed by atoms with Crippen molar-refractivity contribution >= 4 is 22.9 Å². The third kappa shape index (κ3) is 6.32. The van der Waals surface area contributed by atoms with Gasteiger partial charge in [0.25, 0.3) is 5.91 Å². The molecule has 182 valence electrons. The Labute approximate surface area is 209 Å². The minimum absolute atomic E-state index is 0.113. The first-order valence-electron chi connectivity index (χ1n) is 11.8. The Kier molecular flexibility index (Phi) is 8.23. The van der Waals surface area contributed by atoms with Crippen molar-refractivity contribution in [3.05, 3.63) is 52.8 Å². The highest BCUT2D eigenvalue weighted by molar-refractivity contribution is 7.14. The number of amides is 1. The summed E-state index contributed by atoms with van der Waals surface area (Å²) >= 11 is 1.68. The molecule has 35 heavy (non-hydrogen) atoms. The van der Waals surface area contributed by atoms with E-state index in [4.69, 9.17) is 10.5 Å². The highest BCUT2D eigenvalue weighted by atomic mass is 32.1. The second kappa shape index (κ2) is 11.7. The molecule has 0 aromatic carbocycles. The fraction of sp³-hybridized carbons (Fsp3) is 0.400. The topological polar surface area (TPSA) is 130 Å². The number of carbonyl (C=O) groups excluding carboxylic acids is 1. The Hall–Kier alpha value is -3.55. The fourth-order valence-electron chi connectivity index (χ4n) is 3.96. The number of hydrogen-bond acceptors (Lipinski definition) is 9. The second-order valence-electron chi connectivity index (χ2n) is 8.51. The molecule has 4 heterocycles. The summed E-state index contributed by atoms with van der Waals surface area (Å²) in [5.74, 6) is 0.200. The number of pyridine rings is 2. The minimum Gasteiger partial charge on any atom is -0.477 e. The molecule has 3 aromatic rings. The van der Waals surface area contributed by atoms with Crippen LogP contribution in [0.4, 0.5) is 5.69 Å². The van der Waals surface area contributed by atoms with Gasteiger partial charge in [-0.15, -0.1) is 11.3 Å². The van der Waals surface area contributed by atoms with Gasteiger partial charge in [-0.25, -0.2) is 9.97 Å². The normalized spacial score (nSPS) is 14.4. The molecule has 1 amide bonds. The zero-order valence-corrected chi connectivity index (χ0v) is 20.6. The van der Waals surface area contributed by atoms with Crippen molar-refractivity contribution in [3.8, 4) is 22.7 Å². The van der Waals surface area contributed by atoms with E-state index in [1.165, 1.54) is 10.9 Å². The van der Waals surface area contributed by atoms with Gasteiger partial charge in [0.2, 0.25) is 5.88 Å². The monoisotopic (exact) mass is 491 g/mol. The van der Waals surface area contributed by atoms with Crippen LogP contribution in [0.15, 0.2) is 36.7 Å². The molecule has 0 atom stereocenters. The lowest BCUT2D eigenvalue weighted by Gasteiger charge is -2.31. The molecule has 0 spiro atoms. The molecule has 10 heteroatoms. The molecule has 3 N–H and O–H groups in total. The van der Waals surface area contributed by atoms with Gasteiger partial charge in [-0.05, 0) is 56.5 Å². The number of nitrogens with zero attached hydrogens (tertiary/aromatic N) is 5. The number of nitriles is 1. The second-order valence-corrected chi connectivity index (χ2v) is 9.63. The number of piperidine rings is 1. The zero-order valence-electron chi connectivity index (χ0n) is 19.7. The number of rotatable bonds is 9. The molecule has 0 saturated carbocycles. The number of ether oxygens (including phenoxy) is 1. The van der Waals surface area contributed by atoms with Gasteiger partial charge in [-0.2, -0.15) is 5.26 Å². The summed E-state index contributed by atoms with van der Waals surface area (Å²) in [5.41, 5.74) is 7.39. The van der Waals surface area contributed by atoms with Crippen LogP contribution in [0.2, 0.25) is 0 Å². The molecule has 0 bridgehead atoms. The summed E-state index contributed by atoms with van der Waals surface area (Å²) in [5, 5.41) is 13.2. The van der Waals surface area contributed by atoms with Crippen LogP contribution in [0.25, 0.3) is 10.7 Å². The molecule has 1 aliphatic heterocycles. The first kappa shape index (κ1) is 24.6. The van der Waals surface area contributed by atoms with E-state index in [0.717, 1.165) is 49.6 Å². The summed E-state index contributed by atoms with van der Waals surface area (Å²) in [6.07, 6.45) is 6.48. The van der Waals surface area contributed by atoms with Gasteiger partial charge in [0.15, 0.2) is 0 Å². The smallest absolute Gasteiger partial charge is 0.270 e. The fourth-order valence-corrected chi connectivity index (χ4v) is 4.89. The predicted molar refractivity (Wildman–Crippen MR) is 135 cm³/mol. The number of likely N-dealkylation sites (tertiary alicyclic amines) is 1. The van der Waals surface area contributed by atoms with Crippen molar-refractivity contribution in [1.82, 2.24) is 25.2 Å². The molecule has 4 rings (SSSR count). The maximum Gasteiger partial charge on any atom is 0.270 e. The molecular formula is C25H29N7O2S. The van der Waals surface area contributed by atoms with E-state index in [1.54, 1.807) is 17.5 Å². The molecule has 9 nitrogen and oxygen atoms in total. The molecule has 1 fully saturated rings. The van der Waals surface area contributed by atoms with E-state index < -0.39 is 0 Å². The Morgan fingerprint density at radius 3 is 2.89 bits per heavy atom. The van der Waals surface area contributed by atoms with Gasteiger partial charge in [0.05, 0.1) is 18.0 Å². The van der Waals surface area contributed by atoms with Crippen molar-refractivity contribution in [2.45, 2.75) is 32.7 Å². The summed E-state index contributed by atoms with van der Waals surface area (Å²) < 4.78 is 5.52. The standard InChI is InChI=1S/C25H29N7O2S/c1-2-11-34-24-19(13-26)20(27)12-22(31-24)23(33)29-14-17-6-9-32(10-7-17)16-18-15-30-25(35-18)21-5-3-4-8-28-21/h3-5,8,12,15,17H,2,6-7,9-11,14,16H2,1H3,(H2,27,31)(H,29,33). The van der Waals surface area contributed by atoms with Crippen LogP contribution in [0.5, 0.6) is 5.88 Å². The van der Waals surface area contributed by atoms with Gasteiger partial charge in [0, 0.05) is 30.4 Å². The summed E-state index contributed by atoms with van der Waals surface area (Å²) in [4.78, 5) is 29.5. The van der Waals surface area contributed by atoms with Crippen LogP contribution in [-0.2, 0) is 6.54 Å². The van der Waals surface area contributed by atoms with Crippen LogP contribution in [0.3, 0.4) is 0 Å². The Bertz CT molecular complexity index is 1180. The summed E-state index contributed by atoms with van der Waals surface area (Å²) in [6.45, 7) is 5.73. The number of hydrogen-bond donors (Lipinski definition) is 2. The molecule has 0 unspecified atom stereocenters. The summed E-state index contributed by atoms with van der Waals surface area (Å²) in [7, 11) is 0. The molecule has 3 aromatic heterocycles. The number of thiazole rings is 1. The van der Waals surface area contributed by atoms with E-state index in [2.05, 4.69) is 25.2 Å². The molecule has 1 saturated heterocycles. The van der Waals surface area contributed by atoms with Crippen LogP contribution in [0, 0.1) is 17.2 Å². The van der Waals surface area contributed by atoms with Crippen molar-refractivity contribution in [2.24, 2.45) is 5.92 Å². The average Bonchev–Trinajstić information content (AvgIpc) is 3.35. The maximum absolute atomic E-state index is 12.7. The highest BCUT2D eigenvalue weighted by Crippen LogP contribution is 2.26. The number of aromatic nitrogens is 3. The predicted octanol–water partition coefficient (Wildman–Crippen LogP) is 3.48. The van der Waals surface area contributed by atoms with E-state index in [1.807, 2.05) is 37.4 Å². The molecular weight excluding hydrogens is 462 g/mol. The largest absolute Gasteiger partial charge is 0.477 e.